The average Bonchev–Trinajstić information content (AvgIpc) is 2.12. The second-order valence-electron chi connectivity index (χ2n) is 2.67. The van der Waals surface area contributed by atoms with Crippen LogP contribution in [0, 0.1) is 11.0 Å². The normalized spacial score (nSPS) is 10.6. The quantitative estimate of drug-likeness (QED) is 0.470. The molecule has 4 heteroatoms. The first-order valence-electron chi connectivity index (χ1n) is 3.65. The number of rotatable bonds is 0. The zero-order valence-corrected chi connectivity index (χ0v) is 7.25. The van der Waals surface area contributed by atoms with Crippen molar-refractivity contribution in [1.82, 2.24) is 0 Å². The average molecular weight is 198 g/mol. The molecular formula is C9H5ClFNO. The lowest BCUT2D eigenvalue weighted by Crippen LogP contribution is -2.23. The molecule has 0 atom stereocenters. The molecule has 1 aromatic heterocycles. The monoisotopic (exact) mass is 197 g/mol. The van der Waals surface area contributed by atoms with Gasteiger partial charge in [-0.1, -0.05) is 11.6 Å². The molecule has 0 aliphatic heterocycles. The van der Waals surface area contributed by atoms with Crippen molar-refractivity contribution in [3.05, 3.63) is 46.6 Å². The molecule has 1 aromatic carbocycles. The molecule has 66 valence electrons. The van der Waals surface area contributed by atoms with Gasteiger partial charge in [0.15, 0.2) is 12.4 Å². The molecule has 0 N–H and O–H groups in total. The molecule has 0 fully saturated rings. The summed E-state index contributed by atoms with van der Waals surface area (Å²) in [6, 6.07) is 4.25. The minimum atomic E-state index is -0.474. The Morgan fingerprint density at radius 3 is 2.85 bits per heavy atom. The topological polar surface area (TPSA) is 26.9 Å². The summed E-state index contributed by atoms with van der Waals surface area (Å²) in [7, 11) is 0. The first-order chi connectivity index (χ1) is 6.18. The van der Waals surface area contributed by atoms with Gasteiger partial charge in [-0.2, -0.15) is 4.73 Å². The Labute approximate surface area is 78.8 Å². The van der Waals surface area contributed by atoms with E-state index in [1.54, 1.807) is 0 Å². The van der Waals surface area contributed by atoms with Gasteiger partial charge in [-0.15, -0.1) is 0 Å². The summed E-state index contributed by atoms with van der Waals surface area (Å²) in [5, 5.41) is 12.1. The highest BCUT2D eigenvalue weighted by molar-refractivity contribution is 6.35. The van der Waals surface area contributed by atoms with Crippen LogP contribution in [0.5, 0.6) is 0 Å². The molecule has 0 saturated carbocycles. The standard InChI is InChI=1S/C9H5ClFNO/c10-9-7-3-4-12(13)5-6(7)1-2-8(9)11/h1-5H. The Morgan fingerprint density at radius 1 is 1.31 bits per heavy atom. The van der Waals surface area contributed by atoms with E-state index in [0.29, 0.717) is 15.5 Å². The smallest absolute Gasteiger partial charge is 0.188 e. The highest BCUT2D eigenvalue weighted by Crippen LogP contribution is 2.24. The van der Waals surface area contributed by atoms with E-state index in [9.17, 15) is 9.60 Å². The van der Waals surface area contributed by atoms with E-state index in [1.165, 1.54) is 30.6 Å². The molecule has 0 aliphatic carbocycles. The van der Waals surface area contributed by atoms with Crippen molar-refractivity contribution in [2.75, 3.05) is 0 Å². The van der Waals surface area contributed by atoms with Crippen LogP contribution in [0.15, 0.2) is 30.6 Å². The second-order valence-corrected chi connectivity index (χ2v) is 3.05. The largest absolute Gasteiger partial charge is 0.619 e. The molecule has 0 aliphatic rings. The Balaban J connectivity index is 2.87. The molecule has 0 bridgehead atoms. The minimum Gasteiger partial charge on any atom is -0.619 e. The summed E-state index contributed by atoms with van der Waals surface area (Å²) in [6.07, 6.45) is 2.63. The van der Waals surface area contributed by atoms with E-state index in [-0.39, 0.29) is 5.02 Å². The lowest BCUT2D eigenvalue weighted by Gasteiger charge is -2.01. The van der Waals surface area contributed by atoms with Crippen LogP contribution in [0.25, 0.3) is 10.8 Å². The van der Waals surface area contributed by atoms with Gasteiger partial charge in [0, 0.05) is 16.8 Å². The van der Waals surface area contributed by atoms with E-state index in [1.807, 2.05) is 0 Å². The zero-order valence-electron chi connectivity index (χ0n) is 6.50. The maximum absolute atomic E-state index is 12.9. The molecule has 0 spiro atoms. The summed E-state index contributed by atoms with van der Waals surface area (Å²) in [4.78, 5) is 0. The predicted molar refractivity (Wildman–Crippen MR) is 47.9 cm³/mol. The first kappa shape index (κ1) is 8.26. The fraction of sp³-hybridized carbons (Fsp3) is 0. The number of nitrogens with zero attached hydrogens (tertiary/aromatic N) is 1. The summed E-state index contributed by atoms with van der Waals surface area (Å²) in [5.41, 5.74) is 0. The van der Waals surface area contributed by atoms with Crippen LogP contribution < -0.4 is 4.73 Å². The molecule has 2 aromatic rings. The van der Waals surface area contributed by atoms with Crippen molar-refractivity contribution >= 4 is 22.4 Å². The van der Waals surface area contributed by atoms with E-state index < -0.39 is 5.82 Å². The molecule has 0 unspecified atom stereocenters. The SMILES string of the molecule is [O-][n+]1ccc2c(Cl)c(F)ccc2c1. The molecule has 1 heterocycles. The van der Waals surface area contributed by atoms with Crippen LogP contribution in [0.3, 0.4) is 0 Å². The van der Waals surface area contributed by atoms with Gasteiger partial charge in [-0.3, -0.25) is 0 Å². The molecule has 2 rings (SSSR count). The molecule has 2 nitrogen and oxygen atoms in total. The van der Waals surface area contributed by atoms with Crippen LogP contribution >= 0.6 is 11.6 Å². The van der Waals surface area contributed by atoms with E-state index in [0.717, 1.165) is 0 Å². The van der Waals surface area contributed by atoms with Crippen molar-refractivity contribution in [3.63, 3.8) is 0 Å². The number of fused-ring (bicyclic) bond motifs is 1. The zero-order chi connectivity index (χ0) is 9.42. The van der Waals surface area contributed by atoms with Gasteiger partial charge in [0.1, 0.15) is 5.82 Å². The summed E-state index contributed by atoms with van der Waals surface area (Å²) in [5.74, 6) is -0.474. The third-order valence-corrected chi connectivity index (χ3v) is 2.20. The van der Waals surface area contributed by atoms with Crippen molar-refractivity contribution < 1.29 is 9.12 Å². The number of halogens is 2. The van der Waals surface area contributed by atoms with Crippen molar-refractivity contribution in [3.8, 4) is 0 Å². The van der Waals surface area contributed by atoms with Gasteiger partial charge in [0.05, 0.1) is 5.02 Å². The first-order valence-corrected chi connectivity index (χ1v) is 4.03. The highest BCUT2D eigenvalue weighted by Gasteiger charge is 2.06. The summed E-state index contributed by atoms with van der Waals surface area (Å²) >= 11 is 5.69. The lowest BCUT2D eigenvalue weighted by molar-refractivity contribution is -0.603. The highest BCUT2D eigenvalue weighted by atomic mass is 35.5. The maximum Gasteiger partial charge on any atom is 0.188 e. The fourth-order valence-corrected chi connectivity index (χ4v) is 1.43. The van der Waals surface area contributed by atoms with Crippen LogP contribution in [0.1, 0.15) is 0 Å². The van der Waals surface area contributed by atoms with E-state index >= 15 is 0 Å². The minimum absolute atomic E-state index is 0.0538. The Morgan fingerprint density at radius 2 is 2.08 bits per heavy atom. The van der Waals surface area contributed by atoms with Gasteiger partial charge < -0.3 is 5.21 Å². The molecular weight excluding hydrogens is 193 g/mol. The number of pyridine rings is 1. The van der Waals surface area contributed by atoms with Gasteiger partial charge in [0.25, 0.3) is 0 Å². The van der Waals surface area contributed by atoms with Gasteiger partial charge in [-0.05, 0) is 12.1 Å². The predicted octanol–water partition coefficient (Wildman–Crippen LogP) is 2.27. The second kappa shape index (κ2) is 2.85. The van der Waals surface area contributed by atoms with Crippen molar-refractivity contribution in [2.45, 2.75) is 0 Å². The van der Waals surface area contributed by atoms with E-state index in [4.69, 9.17) is 11.6 Å². The summed E-state index contributed by atoms with van der Waals surface area (Å²) < 4.78 is 13.6. The number of hydrogen-bond donors (Lipinski definition) is 0. The van der Waals surface area contributed by atoms with Crippen LogP contribution in [-0.2, 0) is 0 Å². The summed E-state index contributed by atoms with van der Waals surface area (Å²) in [6.45, 7) is 0. The Bertz CT molecular complexity index is 472. The number of hydrogen-bond acceptors (Lipinski definition) is 1. The van der Waals surface area contributed by atoms with Gasteiger partial charge in [0.2, 0.25) is 0 Å². The van der Waals surface area contributed by atoms with Crippen LogP contribution in [0.4, 0.5) is 4.39 Å². The number of benzene rings is 1. The molecule has 0 saturated heterocycles. The maximum atomic E-state index is 12.9. The van der Waals surface area contributed by atoms with Crippen molar-refractivity contribution in [2.24, 2.45) is 0 Å². The van der Waals surface area contributed by atoms with Crippen LogP contribution in [-0.4, -0.2) is 0 Å². The third-order valence-electron chi connectivity index (χ3n) is 1.82. The van der Waals surface area contributed by atoms with Gasteiger partial charge >= 0.3 is 0 Å². The molecule has 13 heavy (non-hydrogen) atoms. The van der Waals surface area contributed by atoms with Crippen LogP contribution in [0.2, 0.25) is 5.02 Å². The lowest BCUT2D eigenvalue weighted by atomic mass is 10.2. The fourth-order valence-electron chi connectivity index (χ4n) is 1.19. The Hall–Kier alpha value is -1.35. The third kappa shape index (κ3) is 1.31. The van der Waals surface area contributed by atoms with Gasteiger partial charge in [-0.25, -0.2) is 4.39 Å². The number of aromatic nitrogens is 1. The van der Waals surface area contributed by atoms with E-state index in [2.05, 4.69) is 0 Å². The molecule has 0 radical (unpaired) electrons. The molecule has 0 amide bonds. The van der Waals surface area contributed by atoms with Crippen molar-refractivity contribution in [1.29, 1.82) is 0 Å². The Kier molecular flexibility index (Phi) is 1.81.